The molecule has 0 bridgehead atoms. The van der Waals surface area contributed by atoms with E-state index in [0.29, 0.717) is 0 Å². The van der Waals surface area contributed by atoms with Crippen molar-refractivity contribution in [3.8, 4) is 11.4 Å². The molecule has 8 aromatic carbocycles. The van der Waals surface area contributed by atoms with Crippen LogP contribution in [0.15, 0.2) is 212 Å². The number of hydrogen-bond donors (Lipinski definition) is 0. The molecule has 0 aliphatic carbocycles. The average Bonchev–Trinajstić information content (AvgIpc) is 4.09. The second kappa shape index (κ2) is 15.3. The highest BCUT2D eigenvalue weighted by Crippen LogP contribution is 2.50. The third-order valence-corrected chi connectivity index (χ3v) is 16.8. The molecular formula is C57H44N4S2Si. The fourth-order valence-electron chi connectivity index (χ4n) is 9.34. The zero-order valence-electron chi connectivity index (χ0n) is 35.8. The summed E-state index contributed by atoms with van der Waals surface area (Å²) in [6.07, 6.45) is 0. The third-order valence-electron chi connectivity index (χ3n) is 12.4. The van der Waals surface area contributed by atoms with Gasteiger partial charge in [0.1, 0.15) is 10.0 Å². The number of nitrogens with zero attached hydrogens (tertiary/aromatic N) is 4. The van der Waals surface area contributed by atoms with Gasteiger partial charge in [-0.1, -0.05) is 140 Å². The molecule has 0 aliphatic rings. The van der Waals surface area contributed by atoms with Crippen LogP contribution in [-0.4, -0.2) is 17.2 Å². The van der Waals surface area contributed by atoms with Gasteiger partial charge in [0, 0.05) is 44.9 Å². The predicted octanol–water partition coefficient (Wildman–Crippen LogP) is 16.6. The normalized spacial score (nSPS) is 12.0. The molecule has 0 atom stereocenters. The van der Waals surface area contributed by atoms with Crippen molar-refractivity contribution in [2.45, 2.75) is 19.6 Å². The van der Waals surface area contributed by atoms with Crippen LogP contribution in [0.25, 0.3) is 64.4 Å². The molecule has 64 heavy (non-hydrogen) atoms. The number of benzene rings is 8. The summed E-state index contributed by atoms with van der Waals surface area (Å²) in [4.78, 5) is 4.84. The molecule has 0 spiro atoms. The molecule has 4 nitrogen and oxygen atoms in total. The minimum Gasteiger partial charge on any atom is -0.308 e. The second-order valence-electron chi connectivity index (χ2n) is 17.5. The molecular weight excluding hydrogens is 833 g/mol. The van der Waals surface area contributed by atoms with Crippen molar-refractivity contribution in [3.63, 3.8) is 0 Å². The first-order valence-electron chi connectivity index (χ1n) is 21.8. The number of para-hydroxylation sites is 4. The van der Waals surface area contributed by atoms with Gasteiger partial charge in [0.15, 0.2) is 0 Å². The summed E-state index contributed by atoms with van der Waals surface area (Å²) < 4.78 is 7.49. The molecule has 0 N–H and O–H groups in total. The van der Waals surface area contributed by atoms with Gasteiger partial charge in [0.25, 0.3) is 0 Å². The topological polar surface area (TPSA) is 16.3 Å². The summed E-state index contributed by atoms with van der Waals surface area (Å²) >= 11 is 3.73. The van der Waals surface area contributed by atoms with Crippen LogP contribution < -0.4 is 15.0 Å². The highest BCUT2D eigenvalue weighted by atomic mass is 32.1. The first kappa shape index (κ1) is 38.5. The number of rotatable bonds is 9. The maximum Gasteiger partial charge on any atom is 0.103 e. The Kier molecular flexibility index (Phi) is 9.19. The van der Waals surface area contributed by atoms with Crippen molar-refractivity contribution >= 4 is 122 Å². The third kappa shape index (κ3) is 6.46. The Morgan fingerprint density at radius 2 is 0.766 bits per heavy atom. The Morgan fingerprint density at radius 1 is 0.359 bits per heavy atom. The number of hydrogen-bond acceptors (Lipinski definition) is 4. The largest absolute Gasteiger partial charge is 0.308 e. The Bertz CT molecular complexity index is 3600. The highest BCUT2D eigenvalue weighted by Gasteiger charge is 2.26. The molecule has 12 aromatic rings. The molecule has 4 aromatic heterocycles. The lowest BCUT2D eigenvalue weighted by Crippen LogP contribution is -2.37. The summed E-state index contributed by atoms with van der Waals surface area (Å²) in [5.74, 6) is 0. The minimum atomic E-state index is -1.50. The number of thiophene rings is 2. The van der Waals surface area contributed by atoms with Crippen LogP contribution in [0.1, 0.15) is 0 Å². The summed E-state index contributed by atoms with van der Waals surface area (Å²) in [6.45, 7) is 7.25. The highest BCUT2D eigenvalue weighted by molar-refractivity contribution is 7.24. The van der Waals surface area contributed by atoms with E-state index < -0.39 is 8.07 Å². The minimum absolute atomic E-state index is 1.13. The molecule has 4 heterocycles. The molecule has 0 aliphatic heterocycles. The molecule has 0 amide bonds. The van der Waals surface area contributed by atoms with E-state index in [1.165, 1.54) is 68.2 Å². The van der Waals surface area contributed by atoms with Crippen LogP contribution >= 0.6 is 22.7 Å². The van der Waals surface area contributed by atoms with Gasteiger partial charge in [-0.2, -0.15) is 0 Å². The predicted molar refractivity (Wildman–Crippen MR) is 281 cm³/mol. The Balaban J connectivity index is 1.12. The van der Waals surface area contributed by atoms with Crippen LogP contribution in [0.5, 0.6) is 0 Å². The number of fused-ring (bicyclic) bond motifs is 7. The van der Waals surface area contributed by atoms with Crippen LogP contribution in [0.3, 0.4) is 0 Å². The van der Waals surface area contributed by atoms with Crippen LogP contribution in [-0.2, 0) is 0 Å². The smallest absolute Gasteiger partial charge is 0.103 e. The molecule has 0 fully saturated rings. The van der Waals surface area contributed by atoms with Gasteiger partial charge in [-0.15, -0.1) is 22.7 Å². The summed E-state index contributed by atoms with van der Waals surface area (Å²) in [5, 5.41) is 8.76. The van der Waals surface area contributed by atoms with Gasteiger partial charge in [-0.3, -0.25) is 0 Å². The fourth-order valence-corrected chi connectivity index (χ4v) is 12.9. The van der Waals surface area contributed by atoms with Gasteiger partial charge < -0.3 is 18.9 Å². The maximum absolute atomic E-state index is 2.48. The van der Waals surface area contributed by atoms with Crippen molar-refractivity contribution in [2.75, 3.05) is 9.80 Å². The van der Waals surface area contributed by atoms with Gasteiger partial charge in [-0.25, -0.2) is 0 Å². The zero-order valence-corrected chi connectivity index (χ0v) is 38.4. The van der Waals surface area contributed by atoms with Crippen molar-refractivity contribution in [1.82, 2.24) is 9.13 Å². The lowest BCUT2D eigenvalue weighted by molar-refractivity contribution is 1.17. The van der Waals surface area contributed by atoms with Crippen molar-refractivity contribution in [3.05, 3.63) is 212 Å². The van der Waals surface area contributed by atoms with E-state index in [4.69, 9.17) is 0 Å². The number of anilines is 6. The molecule has 7 heteroatoms. The van der Waals surface area contributed by atoms with Gasteiger partial charge in [0.05, 0.1) is 39.5 Å². The SMILES string of the molecule is C[Si](C)(C)c1ccc(N(c2ccc3ccccc3c2)c2cc3c(s2)c2cc4c(cc2n3-c2ccccc2)c2sc(N(c3ccccc3)c3ccccc3)cc2n4-c2ccccc2)cc1. The first-order chi connectivity index (χ1) is 31.4. The lowest BCUT2D eigenvalue weighted by atomic mass is 10.1. The van der Waals surface area contributed by atoms with Crippen LogP contribution in [0.2, 0.25) is 19.6 Å². The van der Waals surface area contributed by atoms with Crippen molar-refractivity contribution < 1.29 is 0 Å². The molecule has 0 radical (unpaired) electrons. The lowest BCUT2D eigenvalue weighted by Gasteiger charge is -2.25. The van der Waals surface area contributed by atoms with E-state index in [9.17, 15) is 0 Å². The monoisotopic (exact) mass is 876 g/mol. The van der Waals surface area contributed by atoms with E-state index >= 15 is 0 Å². The average molecular weight is 877 g/mol. The zero-order chi connectivity index (χ0) is 42.9. The van der Waals surface area contributed by atoms with Crippen molar-refractivity contribution in [2.24, 2.45) is 0 Å². The fraction of sp³-hybridized carbons (Fsp3) is 0.0526. The first-order valence-corrected chi connectivity index (χ1v) is 27.0. The van der Waals surface area contributed by atoms with Crippen LogP contribution in [0.4, 0.5) is 32.8 Å². The molecule has 308 valence electrons. The molecule has 0 saturated heterocycles. The quantitative estimate of drug-likeness (QED) is 0.134. The van der Waals surface area contributed by atoms with E-state index in [2.05, 4.69) is 251 Å². The molecule has 0 saturated carbocycles. The standard InChI is InChI=1S/C57H44N4S2Si/c1-64(2,3)47-32-30-45(31-33-47)59(46-29-28-39-18-16-17-19-40(39)34-46)55-38-53-57(63-55)49-36-50-48(35-51(49)61(53)44-26-14-7-15-27-44)56-52(60(50)43-24-12-6-13-25-43)37-54(62-56)58(41-20-8-4-9-21-41)42-22-10-5-11-23-42/h4-38H,1-3H3. The second-order valence-corrected chi connectivity index (χ2v) is 24.6. The number of aromatic nitrogens is 2. The van der Waals surface area contributed by atoms with E-state index in [1.807, 2.05) is 22.7 Å². The van der Waals surface area contributed by atoms with Crippen molar-refractivity contribution in [1.29, 1.82) is 0 Å². The van der Waals surface area contributed by atoms with Gasteiger partial charge in [-0.05, 0) is 108 Å². The van der Waals surface area contributed by atoms with Gasteiger partial charge >= 0.3 is 0 Å². The van der Waals surface area contributed by atoms with E-state index in [0.717, 1.165) is 34.1 Å². The Morgan fingerprint density at radius 3 is 1.25 bits per heavy atom. The van der Waals surface area contributed by atoms with E-state index in [1.54, 1.807) is 0 Å². The maximum atomic E-state index is 2.48. The summed E-state index contributed by atoms with van der Waals surface area (Å²) in [7, 11) is -1.50. The van der Waals surface area contributed by atoms with Gasteiger partial charge in [0.2, 0.25) is 0 Å². The molecule has 12 rings (SSSR count). The van der Waals surface area contributed by atoms with E-state index in [-0.39, 0.29) is 0 Å². The van der Waals surface area contributed by atoms with Crippen LogP contribution in [0, 0.1) is 0 Å². The summed E-state index contributed by atoms with van der Waals surface area (Å²) in [5.41, 5.74) is 11.7. The summed E-state index contributed by atoms with van der Waals surface area (Å²) in [6, 6.07) is 77.8. The Hall–Kier alpha value is -7.16. The Labute approximate surface area is 381 Å². The molecule has 0 unspecified atom stereocenters.